The summed E-state index contributed by atoms with van der Waals surface area (Å²) in [4.78, 5) is 26.8. The second kappa shape index (κ2) is 12.9. The van der Waals surface area contributed by atoms with Crippen molar-refractivity contribution in [3.8, 4) is 0 Å². The molecule has 1 saturated heterocycles. The van der Waals surface area contributed by atoms with Crippen LogP contribution >= 0.6 is 11.8 Å². The van der Waals surface area contributed by atoms with E-state index in [1.165, 1.54) is 5.56 Å². The fraction of sp³-hybridized carbons (Fsp3) is 0.393. The lowest BCUT2D eigenvalue weighted by Crippen LogP contribution is -2.46. The first-order chi connectivity index (χ1) is 17.5. The number of benzene rings is 2. The summed E-state index contributed by atoms with van der Waals surface area (Å²) < 4.78 is 4.98. The zero-order chi connectivity index (χ0) is 25.3. The van der Waals surface area contributed by atoms with Crippen LogP contribution in [0, 0.1) is 13.8 Å². The van der Waals surface area contributed by atoms with Crippen molar-refractivity contribution in [2.45, 2.75) is 31.3 Å². The topological polar surface area (TPSA) is 70.6 Å². The van der Waals surface area contributed by atoms with Gasteiger partial charge in [0.25, 0.3) is 5.91 Å². The van der Waals surface area contributed by atoms with Crippen LogP contribution in [0.3, 0.4) is 0 Å². The van der Waals surface area contributed by atoms with Crippen molar-refractivity contribution in [3.63, 3.8) is 0 Å². The number of hydrogen-bond donors (Lipinski definition) is 1. The van der Waals surface area contributed by atoms with E-state index in [2.05, 4.69) is 59.3 Å². The number of anilines is 1. The summed E-state index contributed by atoms with van der Waals surface area (Å²) in [7, 11) is 1.62. The molecule has 2 heterocycles. The van der Waals surface area contributed by atoms with E-state index < -0.39 is 0 Å². The van der Waals surface area contributed by atoms with Crippen LogP contribution in [0.15, 0.2) is 59.8 Å². The lowest BCUT2D eigenvalue weighted by Gasteiger charge is -2.36. The van der Waals surface area contributed by atoms with E-state index in [1.807, 2.05) is 24.3 Å². The van der Waals surface area contributed by atoms with E-state index in [0.29, 0.717) is 18.7 Å². The van der Waals surface area contributed by atoms with Gasteiger partial charge in [-0.1, -0.05) is 54.2 Å². The van der Waals surface area contributed by atoms with Gasteiger partial charge < -0.3 is 15.0 Å². The molecule has 3 aromatic rings. The molecule has 4 rings (SSSR count). The Morgan fingerprint density at radius 3 is 2.39 bits per heavy atom. The Hall–Kier alpha value is -2.94. The molecular formula is C28H35N5O2S. The van der Waals surface area contributed by atoms with Crippen molar-refractivity contribution >= 4 is 23.5 Å². The smallest absolute Gasteiger partial charge is 0.251 e. The standard InChI is InChI=1S/C28H35N5O2S/c1-21-22(2)30-28(36-20-24-9-11-25(12-10-24)27(34)29-13-18-35-3)31-26(21)33-16-14-32(15-17-33)19-23-7-5-4-6-8-23/h4-12H,13-20H2,1-3H3,(H,29,34). The van der Waals surface area contributed by atoms with Crippen LogP contribution in [-0.4, -0.2) is 67.2 Å². The molecule has 8 heteroatoms. The molecule has 1 aromatic heterocycles. The summed E-state index contributed by atoms with van der Waals surface area (Å²) in [5.41, 5.74) is 5.32. The zero-order valence-electron chi connectivity index (χ0n) is 21.4. The van der Waals surface area contributed by atoms with Crippen molar-refractivity contribution in [1.29, 1.82) is 0 Å². The number of nitrogens with one attached hydrogen (secondary N) is 1. The van der Waals surface area contributed by atoms with Gasteiger partial charge in [0, 0.05) is 69.0 Å². The van der Waals surface area contributed by atoms with E-state index in [9.17, 15) is 4.79 Å². The summed E-state index contributed by atoms with van der Waals surface area (Å²) in [6, 6.07) is 18.4. The minimum absolute atomic E-state index is 0.0859. The van der Waals surface area contributed by atoms with Gasteiger partial charge in [0.1, 0.15) is 5.82 Å². The summed E-state index contributed by atoms with van der Waals surface area (Å²) in [5.74, 6) is 1.71. The van der Waals surface area contributed by atoms with E-state index in [1.54, 1.807) is 18.9 Å². The van der Waals surface area contributed by atoms with Crippen LogP contribution in [0.5, 0.6) is 0 Å². The molecule has 190 valence electrons. The van der Waals surface area contributed by atoms with E-state index >= 15 is 0 Å². The third-order valence-electron chi connectivity index (χ3n) is 6.44. The Morgan fingerprint density at radius 2 is 1.69 bits per heavy atom. The highest BCUT2D eigenvalue weighted by Crippen LogP contribution is 2.27. The van der Waals surface area contributed by atoms with Crippen LogP contribution in [0.2, 0.25) is 0 Å². The summed E-state index contributed by atoms with van der Waals surface area (Å²) in [6.45, 7) is 10.1. The minimum atomic E-state index is -0.0859. The number of thioether (sulfide) groups is 1. The predicted molar refractivity (Wildman–Crippen MR) is 146 cm³/mol. The van der Waals surface area contributed by atoms with E-state index in [0.717, 1.165) is 66.3 Å². The van der Waals surface area contributed by atoms with Gasteiger partial charge in [-0.3, -0.25) is 9.69 Å². The number of ether oxygens (including phenoxy) is 1. The molecule has 7 nitrogen and oxygen atoms in total. The molecular weight excluding hydrogens is 470 g/mol. The third kappa shape index (κ3) is 7.06. The van der Waals surface area contributed by atoms with Crippen LogP contribution in [0.4, 0.5) is 5.82 Å². The number of methoxy groups -OCH3 is 1. The Balaban J connectivity index is 1.34. The zero-order valence-corrected chi connectivity index (χ0v) is 22.2. The molecule has 0 aliphatic carbocycles. The highest BCUT2D eigenvalue weighted by molar-refractivity contribution is 7.98. The number of nitrogens with zero attached hydrogens (tertiary/aromatic N) is 4. The van der Waals surface area contributed by atoms with E-state index in [4.69, 9.17) is 14.7 Å². The van der Waals surface area contributed by atoms with Crippen molar-refractivity contribution in [2.24, 2.45) is 0 Å². The number of carbonyl (C=O) groups is 1. The first kappa shape index (κ1) is 26.1. The quantitative estimate of drug-likeness (QED) is 0.253. The normalized spacial score (nSPS) is 14.1. The van der Waals surface area contributed by atoms with Gasteiger partial charge in [-0.05, 0) is 37.1 Å². The average Bonchev–Trinajstić information content (AvgIpc) is 2.91. The van der Waals surface area contributed by atoms with Crippen molar-refractivity contribution in [1.82, 2.24) is 20.2 Å². The average molecular weight is 506 g/mol. The van der Waals surface area contributed by atoms with Gasteiger partial charge in [0.15, 0.2) is 5.16 Å². The summed E-state index contributed by atoms with van der Waals surface area (Å²) in [5, 5.41) is 3.64. The second-order valence-corrected chi connectivity index (χ2v) is 9.97. The highest BCUT2D eigenvalue weighted by Gasteiger charge is 2.21. The molecule has 0 saturated carbocycles. The molecule has 0 unspecified atom stereocenters. The minimum Gasteiger partial charge on any atom is -0.383 e. The van der Waals surface area contributed by atoms with Gasteiger partial charge in [-0.25, -0.2) is 9.97 Å². The Labute approximate surface area is 218 Å². The Bertz CT molecular complexity index is 1130. The predicted octanol–water partition coefficient (Wildman–Crippen LogP) is 4.08. The first-order valence-corrected chi connectivity index (χ1v) is 13.4. The van der Waals surface area contributed by atoms with Gasteiger partial charge in [-0.15, -0.1) is 0 Å². The molecule has 2 aromatic carbocycles. The summed E-state index contributed by atoms with van der Waals surface area (Å²) in [6.07, 6.45) is 0. The van der Waals surface area contributed by atoms with Crippen LogP contribution in [-0.2, 0) is 17.0 Å². The summed E-state index contributed by atoms with van der Waals surface area (Å²) >= 11 is 1.63. The molecule has 36 heavy (non-hydrogen) atoms. The molecule has 1 amide bonds. The molecule has 1 aliphatic heterocycles. The SMILES string of the molecule is COCCNC(=O)c1ccc(CSc2nc(C)c(C)c(N3CCN(Cc4ccccc4)CC3)n2)cc1. The number of rotatable bonds is 10. The number of piperazine rings is 1. The van der Waals surface area contributed by atoms with Crippen LogP contribution in [0.1, 0.15) is 32.7 Å². The molecule has 1 N–H and O–H groups in total. The molecule has 0 bridgehead atoms. The third-order valence-corrected chi connectivity index (χ3v) is 7.36. The van der Waals surface area contributed by atoms with E-state index in [-0.39, 0.29) is 5.91 Å². The lowest BCUT2D eigenvalue weighted by molar-refractivity contribution is 0.0937. The molecule has 1 aliphatic rings. The molecule has 0 radical (unpaired) electrons. The highest BCUT2D eigenvalue weighted by atomic mass is 32.2. The maximum Gasteiger partial charge on any atom is 0.251 e. The number of aromatic nitrogens is 2. The Morgan fingerprint density at radius 1 is 0.972 bits per heavy atom. The maximum absolute atomic E-state index is 12.2. The molecule has 0 atom stereocenters. The fourth-order valence-corrected chi connectivity index (χ4v) is 5.03. The molecule has 1 fully saturated rings. The second-order valence-electron chi connectivity index (χ2n) is 9.02. The maximum atomic E-state index is 12.2. The van der Waals surface area contributed by atoms with Gasteiger partial charge in [0.2, 0.25) is 0 Å². The number of carbonyl (C=O) groups excluding carboxylic acids is 1. The monoisotopic (exact) mass is 505 g/mol. The first-order valence-electron chi connectivity index (χ1n) is 12.4. The van der Waals surface area contributed by atoms with Gasteiger partial charge in [0.05, 0.1) is 6.61 Å². The van der Waals surface area contributed by atoms with Gasteiger partial charge in [-0.2, -0.15) is 0 Å². The van der Waals surface area contributed by atoms with Gasteiger partial charge >= 0.3 is 0 Å². The van der Waals surface area contributed by atoms with Crippen molar-refractivity contribution in [3.05, 3.63) is 82.5 Å². The largest absolute Gasteiger partial charge is 0.383 e. The Kier molecular flexibility index (Phi) is 9.33. The number of hydrogen-bond acceptors (Lipinski definition) is 7. The van der Waals surface area contributed by atoms with Crippen LogP contribution < -0.4 is 10.2 Å². The molecule has 0 spiro atoms. The number of amides is 1. The number of aryl methyl sites for hydroxylation is 1. The van der Waals surface area contributed by atoms with Crippen molar-refractivity contribution < 1.29 is 9.53 Å². The fourth-order valence-electron chi connectivity index (χ4n) is 4.19. The van der Waals surface area contributed by atoms with Crippen LogP contribution in [0.25, 0.3) is 0 Å². The van der Waals surface area contributed by atoms with Crippen molar-refractivity contribution in [2.75, 3.05) is 51.3 Å². The lowest BCUT2D eigenvalue weighted by atomic mass is 10.1.